The number of nitrogens with one attached hydrogen (secondary N) is 1. The molecule has 0 spiro atoms. The Kier molecular flexibility index (Phi) is 5.26. The van der Waals surface area contributed by atoms with Crippen molar-refractivity contribution < 1.29 is 23.8 Å². The molecule has 0 saturated heterocycles. The molecule has 26 heavy (non-hydrogen) atoms. The van der Waals surface area contributed by atoms with Gasteiger partial charge in [-0.1, -0.05) is 12.1 Å². The number of carbonyl (C=O) groups is 2. The van der Waals surface area contributed by atoms with E-state index < -0.39 is 0 Å². The smallest absolute Gasteiger partial charge is 0.231 e. The summed E-state index contributed by atoms with van der Waals surface area (Å²) in [7, 11) is 1.55. The Morgan fingerprint density at radius 2 is 1.92 bits per heavy atom. The lowest BCUT2D eigenvalue weighted by atomic mass is 10.2. The van der Waals surface area contributed by atoms with Gasteiger partial charge in [-0.25, -0.2) is 0 Å². The van der Waals surface area contributed by atoms with E-state index in [2.05, 4.69) is 5.32 Å². The van der Waals surface area contributed by atoms with E-state index >= 15 is 0 Å². The number of anilines is 2. The van der Waals surface area contributed by atoms with Crippen molar-refractivity contribution in [1.82, 2.24) is 0 Å². The SMILES string of the molecule is COc1ccccc1N(CCC(=O)Nc1ccc2c(c1)OCO2)C(C)=O. The summed E-state index contributed by atoms with van der Waals surface area (Å²) in [5.74, 6) is 1.47. The molecule has 0 saturated carbocycles. The monoisotopic (exact) mass is 356 g/mol. The van der Waals surface area contributed by atoms with Gasteiger partial charge in [0.25, 0.3) is 0 Å². The van der Waals surface area contributed by atoms with Crippen molar-refractivity contribution >= 4 is 23.2 Å². The highest BCUT2D eigenvalue weighted by atomic mass is 16.7. The Bertz CT molecular complexity index is 821. The quantitative estimate of drug-likeness (QED) is 0.861. The fourth-order valence-electron chi connectivity index (χ4n) is 2.71. The fourth-order valence-corrected chi connectivity index (χ4v) is 2.71. The first-order valence-electron chi connectivity index (χ1n) is 8.19. The third kappa shape index (κ3) is 3.88. The van der Waals surface area contributed by atoms with Gasteiger partial charge in [-0.05, 0) is 24.3 Å². The van der Waals surface area contributed by atoms with Crippen LogP contribution in [0, 0.1) is 0 Å². The Labute approximate surface area is 151 Å². The van der Waals surface area contributed by atoms with E-state index in [1.165, 1.54) is 11.8 Å². The lowest BCUT2D eigenvalue weighted by Crippen LogP contribution is -2.32. The summed E-state index contributed by atoms with van der Waals surface area (Å²) in [5.41, 5.74) is 1.25. The van der Waals surface area contributed by atoms with Gasteiger partial charge in [-0.2, -0.15) is 0 Å². The molecule has 0 bridgehead atoms. The minimum Gasteiger partial charge on any atom is -0.495 e. The molecule has 0 unspecified atom stereocenters. The number of fused-ring (bicyclic) bond motifs is 1. The highest BCUT2D eigenvalue weighted by Gasteiger charge is 2.18. The van der Waals surface area contributed by atoms with Crippen LogP contribution in [0.1, 0.15) is 13.3 Å². The van der Waals surface area contributed by atoms with Gasteiger partial charge in [0.1, 0.15) is 5.75 Å². The van der Waals surface area contributed by atoms with Crippen LogP contribution in [-0.4, -0.2) is 32.3 Å². The van der Waals surface area contributed by atoms with Crippen molar-refractivity contribution in [3.8, 4) is 17.2 Å². The topological polar surface area (TPSA) is 77.1 Å². The van der Waals surface area contributed by atoms with Crippen LogP contribution < -0.4 is 24.4 Å². The van der Waals surface area contributed by atoms with Gasteiger partial charge in [0.05, 0.1) is 12.8 Å². The molecule has 0 aliphatic carbocycles. The van der Waals surface area contributed by atoms with Gasteiger partial charge >= 0.3 is 0 Å². The molecule has 0 radical (unpaired) electrons. The molecule has 0 fully saturated rings. The van der Waals surface area contributed by atoms with Crippen LogP contribution in [0.4, 0.5) is 11.4 Å². The Balaban J connectivity index is 1.64. The molecule has 7 heteroatoms. The molecule has 1 N–H and O–H groups in total. The first-order valence-corrected chi connectivity index (χ1v) is 8.19. The Morgan fingerprint density at radius 3 is 2.69 bits per heavy atom. The van der Waals surface area contributed by atoms with E-state index in [-0.39, 0.29) is 31.6 Å². The minimum atomic E-state index is -0.204. The molecule has 0 atom stereocenters. The molecule has 136 valence electrons. The third-order valence-corrected chi connectivity index (χ3v) is 3.97. The predicted octanol–water partition coefficient (Wildman–Crippen LogP) is 2.81. The van der Waals surface area contributed by atoms with Gasteiger partial charge < -0.3 is 24.4 Å². The molecule has 7 nitrogen and oxygen atoms in total. The molecule has 1 aliphatic heterocycles. The van der Waals surface area contributed by atoms with Crippen molar-refractivity contribution in [2.75, 3.05) is 30.7 Å². The van der Waals surface area contributed by atoms with Crippen LogP contribution in [0.5, 0.6) is 17.2 Å². The molecule has 2 aromatic carbocycles. The molecule has 2 amide bonds. The molecule has 0 aromatic heterocycles. The van der Waals surface area contributed by atoms with Gasteiger partial charge in [0.15, 0.2) is 11.5 Å². The maximum atomic E-state index is 12.3. The minimum absolute atomic E-state index is 0.145. The molecular weight excluding hydrogens is 336 g/mol. The zero-order valence-corrected chi connectivity index (χ0v) is 14.7. The maximum Gasteiger partial charge on any atom is 0.231 e. The Morgan fingerprint density at radius 1 is 1.15 bits per heavy atom. The number of amides is 2. The summed E-state index contributed by atoms with van der Waals surface area (Å²) < 4.78 is 15.8. The zero-order valence-electron chi connectivity index (χ0n) is 14.7. The van der Waals surface area contributed by atoms with Crippen LogP contribution in [0.2, 0.25) is 0 Å². The van der Waals surface area contributed by atoms with E-state index in [9.17, 15) is 9.59 Å². The second-order valence-corrected chi connectivity index (χ2v) is 5.71. The molecule has 2 aromatic rings. The highest BCUT2D eigenvalue weighted by molar-refractivity contribution is 5.95. The highest BCUT2D eigenvalue weighted by Crippen LogP contribution is 2.34. The van der Waals surface area contributed by atoms with Crippen LogP contribution >= 0.6 is 0 Å². The number of hydrogen-bond donors (Lipinski definition) is 1. The van der Waals surface area contributed by atoms with Crippen molar-refractivity contribution in [3.05, 3.63) is 42.5 Å². The maximum absolute atomic E-state index is 12.3. The number of nitrogens with zero attached hydrogens (tertiary/aromatic N) is 1. The van der Waals surface area contributed by atoms with E-state index in [1.54, 1.807) is 37.4 Å². The summed E-state index contributed by atoms with van der Waals surface area (Å²) in [6, 6.07) is 12.4. The summed E-state index contributed by atoms with van der Waals surface area (Å²) >= 11 is 0. The number of ether oxygens (including phenoxy) is 3. The Hall–Kier alpha value is -3.22. The van der Waals surface area contributed by atoms with E-state index in [1.807, 2.05) is 12.1 Å². The van der Waals surface area contributed by atoms with Crippen molar-refractivity contribution in [2.24, 2.45) is 0 Å². The van der Waals surface area contributed by atoms with Crippen LogP contribution in [0.3, 0.4) is 0 Å². The molecular formula is C19H20N2O5. The van der Waals surface area contributed by atoms with Crippen LogP contribution in [-0.2, 0) is 9.59 Å². The standard InChI is InChI=1S/C19H20N2O5/c1-13(22)21(15-5-3-4-6-16(15)24-2)10-9-19(23)20-14-7-8-17-18(11-14)26-12-25-17/h3-8,11H,9-10,12H2,1-2H3,(H,20,23). The summed E-state index contributed by atoms with van der Waals surface area (Å²) in [6.07, 6.45) is 0.145. The van der Waals surface area contributed by atoms with Gasteiger partial charge in [-0.15, -0.1) is 0 Å². The summed E-state index contributed by atoms with van der Waals surface area (Å²) in [4.78, 5) is 25.8. The van der Waals surface area contributed by atoms with Gasteiger partial charge in [-0.3, -0.25) is 9.59 Å². The third-order valence-electron chi connectivity index (χ3n) is 3.97. The largest absolute Gasteiger partial charge is 0.495 e. The van der Waals surface area contributed by atoms with Crippen molar-refractivity contribution in [1.29, 1.82) is 0 Å². The molecule has 3 rings (SSSR count). The predicted molar refractivity (Wildman–Crippen MR) is 96.8 cm³/mol. The van der Waals surface area contributed by atoms with Crippen LogP contribution in [0.25, 0.3) is 0 Å². The average Bonchev–Trinajstić information content (AvgIpc) is 3.09. The first-order chi connectivity index (χ1) is 12.6. The summed E-state index contributed by atoms with van der Waals surface area (Å²) in [5, 5.41) is 2.80. The number of benzene rings is 2. The van der Waals surface area contributed by atoms with Crippen molar-refractivity contribution in [2.45, 2.75) is 13.3 Å². The zero-order chi connectivity index (χ0) is 18.5. The van der Waals surface area contributed by atoms with Crippen molar-refractivity contribution in [3.63, 3.8) is 0 Å². The number of rotatable bonds is 6. The van der Waals surface area contributed by atoms with Gasteiger partial charge in [0, 0.05) is 31.6 Å². The second-order valence-electron chi connectivity index (χ2n) is 5.71. The lowest BCUT2D eigenvalue weighted by Gasteiger charge is -2.23. The normalized spacial score (nSPS) is 11.8. The second kappa shape index (κ2) is 7.77. The number of hydrogen-bond acceptors (Lipinski definition) is 5. The number of methoxy groups -OCH3 is 1. The number of para-hydroxylation sites is 2. The van der Waals surface area contributed by atoms with E-state index in [4.69, 9.17) is 14.2 Å². The summed E-state index contributed by atoms with van der Waals surface area (Å²) in [6.45, 7) is 1.88. The lowest BCUT2D eigenvalue weighted by molar-refractivity contribution is -0.117. The van der Waals surface area contributed by atoms with E-state index in [0.717, 1.165) is 0 Å². The fraction of sp³-hybridized carbons (Fsp3) is 0.263. The van der Waals surface area contributed by atoms with E-state index in [0.29, 0.717) is 28.6 Å². The molecule has 1 aliphatic rings. The first kappa shape index (κ1) is 17.6. The molecule has 1 heterocycles. The van der Waals surface area contributed by atoms with Gasteiger partial charge in [0.2, 0.25) is 18.6 Å². The number of carbonyl (C=O) groups excluding carboxylic acids is 2. The van der Waals surface area contributed by atoms with Crippen LogP contribution in [0.15, 0.2) is 42.5 Å². The average molecular weight is 356 g/mol.